The molecule has 0 saturated carbocycles. The van der Waals surface area contributed by atoms with E-state index in [1.54, 1.807) is 7.11 Å². The maximum atomic E-state index is 10.5. The number of hydrogen-bond acceptors (Lipinski definition) is 4. The fraction of sp³-hybridized carbons (Fsp3) is 0.400. The molecule has 2 N–H and O–H groups in total. The molecule has 5 nitrogen and oxygen atoms in total. The summed E-state index contributed by atoms with van der Waals surface area (Å²) in [5.41, 5.74) is 1.10. The van der Waals surface area contributed by atoms with Crippen LogP contribution < -0.4 is 9.88 Å². The molecular weight excluding hydrogens is 230 g/mol. The van der Waals surface area contributed by atoms with Crippen molar-refractivity contribution >= 4 is 10.3 Å². The second kappa shape index (κ2) is 5.83. The van der Waals surface area contributed by atoms with Gasteiger partial charge < -0.3 is 4.74 Å². The fourth-order valence-electron chi connectivity index (χ4n) is 1.24. The number of hydrogen-bond donors (Lipinski definition) is 1. The summed E-state index contributed by atoms with van der Waals surface area (Å²) in [7, 11) is -2.20. The number of nitrogens with two attached hydrogens (primary N) is 1. The number of ether oxygens (including phenoxy) is 1. The van der Waals surface area contributed by atoms with Gasteiger partial charge >= 0.3 is 10.3 Å². The quantitative estimate of drug-likeness (QED) is 0.753. The molecule has 0 spiro atoms. The van der Waals surface area contributed by atoms with E-state index in [1.807, 2.05) is 24.3 Å². The maximum absolute atomic E-state index is 10.5. The Balaban J connectivity index is 2.32. The predicted octanol–water partition coefficient (Wildman–Crippen LogP) is 0.848. The van der Waals surface area contributed by atoms with Gasteiger partial charge in [-0.25, -0.2) is 5.14 Å². The molecule has 6 heteroatoms. The summed E-state index contributed by atoms with van der Waals surface area (Å²) < 4.78 is 30.4. The first kappa shape index (κ1) is 13.0. The third-order valence-corrected chi connectivity index (χ3v) is 2.51. The van der Waals surface area contributed by atoms with Crippen molar-refractivity contribution < 1.29 is 17.3 Å². The molecule has 0 bridgehead atoms. The molecule has 0 heterocycles. The summed E-state index contributed by atoms with van der Waals surface area (Å²) in [5.74, 6) is 0.796. The SMILES string of the molecule is COc1ccc(CCCOS(N)(=O)=O)cc1. The van der Waals surface area contributed by atoms with Gasteiger partial charge in [-0.2, -0.15) is 8.42 Å². The van der Waals surface area contributed by atoms with Gasteiger partial charge in [-0.05, 0) is 30.5 Å². The molecule has 16 heavy (non-hydrogen) atoms. The minimum absolute atomic E-state index is 0.102. The van der Waals surface area contributed by atoms with Crippen LogP contribution in [0, 0.1) is 0 Å². The molecule has 1 rings (SSSR count). The number of methoxy groups -OCH3 is 1. The summed E-state index contributed by atoms with van der Waals surface area (Å²) in [6, 6.07) is 7.57. The van der Waals surface area contributed by atoms with Crippen molar-refractivity contribution in [3.05, 3.63) is 29.8 Å². The van der Waals surface area contributed by atoms with Gasteiger partial charge in [0.15, 0.2) is 0 Å². The van der Waals surface area contributed by atoms with Gasteiger partial charge in [0.05, 0.1) is 13.7 Å². The number of aryl methyl sites for hydroxylation is 1. The van der Waals surface area contributed by atoms with Crippen LogP contribution in [-0.2, 0) is 20.9 Å². The molecule has 90 valence electrons. The molecule has 0 radical (unpaired) electrons. The highest BCUT2D eigenvalue weighted by Crippen LogP contribution is 2.12. The molecule has 0 aliphatic rings. The number of rotatable bonds is 6. The molecule has 0 fully saturated rings. The Hall–Kier alpha value is -1.11. The molecule has 0 aliphatic heterocycles. The third-order valence-electron chi connectivity index (χ3n) is 2.02. The van der Waals surface area contributed by atoms with E-state index < -0.39 is 10.3 Å². The highest BCUT2D eigenvalue weighted by Gasteiger charge is 2.01. The van der Waals surface area contributed by atoms with Crippen LogP contribution in [0.1, 0.15) is 12.0 Å². The lowest BCUT2D eigenvalue weighted by Gasteiger charge is -2.03. The molecule has 1 aromatic rings. The topological polar surface area (TPSA) is 78.6 Å². The largest absolute Gasteiger partial charge is 0.497 e. The Morgan fingerprint density at radius 1 is 1.25 bits per heavy atom. The average molecular weight is 245 g/mol. The van der Waals surface area contributed by atoms with Gasteiger partial charge in [-0.15, -0.1) is 0 Å². The lowest BCUT2D eigenvalue weighted by Crippen LogP contribution is -2.16. The number of benzene rings is 1. The zero-order valence-electron chi connectivity index (χ0n) is 9.05. The van der Waals surface area contributed by atoms with E-state index in [9.17, 15) is 8.42 Å². The first-order valence-electron chi connectivity index (χ1n) is 4.81. The normalized spacial score (nSPS) is 11.4. The van der Waals surface area contributed by atoms with Crippen LogP contribution in [0.5, 0.6) is 5.75 Å². The van der Waals surface area contributed by atoms with Gasteiger partial charge in [0.1, 0.15) is 5.75 Å². The minimum atomic E-state index is -3.81. The van der Waals surface area contributed by atoms with Crippen LogP contribution in [0.15, 0.2) is 24.3 Å². The van der Waals surface area contributed by atoms with Crippen molar-refractivity contribution in [2.45, 2.75) is 12.8 Å². The van der Waals surface area contributed by atoms with Crippen LogP contribution in [0.3, 0.4) is 0 Å². The van der Waals surface area contributed by atoms with E-state index in [0.29, 0.717) is 6.42 Å². The third kappa shape index (κ3) is 5.11. The predicted molar refractivity (Wildman–Crippen MR) is 60.4 cm³/mol. The van der Waals surface area contributed by atoms with Crippen molar-refractivity contribution in [2.24, 2.45) is 5.14 Å². The summed E-state index contributed by atoms with van der Waals surface area (Å²) in [5, 5.41) is 4.69. The van der Waals surface area contributed by atoms with E-state index in [-0.39, 0.29) is 6.61 Å². The van der Waals surface area contributed by atoms with Crippen molar-refractivity contribution in [1.82, 2.24) is 0 Å². The van der Waals surface area contributed by atoms with Crippen LogP contribution in [0.25, 0.3) is 0 Å². The van der Waals surface area contributed by atoms with Crippen molar-refractivity contribution in [2.75, 3.05) is 13.7 Å². The average Bonchev–Trinajstić information content (AvgIpc) is 2.24. The van der Waals surface area contributed by atoms with E-state index >= 15 is 0 Å². The Kier molecular flexibility index (Phi) is 4.72. The highest BCUT2D eigenvalue weighted by atomic mass is 32.2. The summed E-state index contributed by atoms with van der Waals surface area (Å²) >= 11 is 0. The Morgan fingerprint density at radius 2 is 1.88 bits per heavy atom. The Labute approximate surface area is 95.4 Å². The highest BCUT2D eigenvalue weighted by molar-refractivity contribution is 7.84. The molecule has 0 saturated heterocycles. The standard InChI is InChI=1S/C10H15NO4S/c1-14-10-6-4-9(5-7-10)3-2-8-15-16(11,12)13/h4-7H,2-3,8H2,1H3,(H2,11,12,13). The first-order valence-corrected chi connectivity index (χ1v) is 6.28. The lowest BCUT2D eigenvalue weighted by atomic mass is 10.1. The molecule has 0 atom stereocenters. The summed E-state index contributed by atoms with van der Waals surface area (Å²) in [6.45, 7) is 0.102. The smallest absolute Gasteiger partial charge is 0.333 e. The first-order chi connectivity index (χ1) is 7.51. The second-order valence-electron chi connectivity index (χ2n) is 3.27. The van der Waals surface area contributed by atoms with Crippen LogP contribution in [-0.4, -0.2) is 22.1 Å². The van der Waals surface area contributed by atoms with Crippen molar-refractivity contribution in [3.63, 3.8) is 0 Å². The van der Waals surface area contributed by atoms with Gasteiger partial charge in [-0.3, -0.25) is 4.18 Å². The van der Waals surface area contributed by atoms with Gasteiger partial charge in [-0.1, -0.05) is 12.1 Å². The zero-order valence-corrected chi connectivity index (χ0v) is 9.87. The summed E-state index contributed by atoms with van der Waals surface area (Å²) in [4.78, 5) is 0. The van der Waals surface area contributed by atoms with Crippen LogP contribution in [0.2, 0.25) is 0 Å². The van der Waals surface area contributed by atoms with E-state index in [1.165, 1.54) is 0 Å². The van der Waals surface area contributed by atoms with E-state index in [0.717, 1.165) is 17.7 Å². The second-order valence-corrected chi connectivity index (χ2v) is 4.49. The fourth-order valence-corrected chi connectivity index (χ4v) is 1.59. The molecule has 0 aliphatic carbocycles. The molecule has 0 unspecified atom stereocenters. The molecule has 1 aromatic carbocycles. The Morgan fingerprint density at radius 3 is 2.38 bits per heavy atom. The van der Waals surface area contributed by atoms with Crippen LogP contribution in [0.4, 0.5) is 0 Å². The van der Waals surface area contributed by atoms with Gasteiger partial charge in [0.25, 0.3) is 0 Å². The van der Waals surface area contributed by atoms with Gasteiger partial charge in [0.2, 0.25) is 0 Å². The van der Waals surface area contributed by atoms with Crippen LogP contribution >= 0.6 is 0 Å². The Bertz CT molecular complexity index is 413. The molecule has 0 aromatic heterocycles. The van der Waals surface area contributed by atoms with E-state index in [4.69, 9.17) is 4.74 Å². The molecule has 0 amide bonds. The monoisotopic (exact) mass is 245 g/mol. The van der Waals surface area contributed by atoms with Crippen molar-refractivity contribution in [1.29, 1.82) is 0 Å². The summed E-state index contributed by atoms with van der Waals surface area (Å²) in [6.07, 6.45) is 1.34. The van der Waals surface area contributed by atoms with Crippen molar-refractivity contribution in [3.8, 4) is 5.75 Å². The lowest BCUT2D eigenvalue weighted by molar-refractivity contribution is 0.313. The van der Waals surface area contributed by atoms with E-state index in [2.05, 4.69) is 9.32 Å². The van der Waals surface area contributed by atoms with Gasteiger partial charge in [0, 0.05) is 0 Å². The maximum Gasteiger partial charge on any atom is 0.333 e. The molecular formula is C10H15NO4S. The minimum Gasteiger partial charge on any atom is -0.497 e. The zero-order chi connectivity index (χ0) is 12.0.